The van der Waals surface area contributed by atoms with E-state index in [1.165, 1.54) is 0 Å². The summed E-state index contributed by atoms with van der Waals surface area (Å²) in [5.41, 5.74) is 1.37. The molecule has 1 aromatic carbocycles. The van der Waals surface area contributed by atoms with Gasteiger partial charge >= 0.3 is 5.97 Å². The summed E-state index contributed by atoms with van der Waals surface area (Å²) in [6, 6.07) is 7.25. The Bertz CT molecular complexity index is 1100. The molecule has 188 valence electrons. The summed E-state index contributed by atoms with van der Waals surface area (Å²) in [5, 5.41) is 12.2. The highest BCUT2D eigenvalue weighted by Crippen LogP contribution is 2.36. The monoisotopic (exact) mass is 517 g/mol. The van der Waals surface area contributed by atoms with Crippen molar-refractivity contribution in [3.63, 3.8) is 0 Å². The van der Waals surface area contributed by atoms with Gasteiger partial charge in [0.2, 0.25) is 0 Å². The number of carboxylic acid groups (broad SMARTS) is 1. The number of thiazole rings is 1. The van der Waals surface area contributed by atoms with Crippen LogP contribution in [0.25, 0.3) is 10.9 Å². The van der Waals surface area contributed by atoms with Crippen molar-refractivity contribution in [3.05, 3.63) is 47.6 Å². The first-order valence-corrected chi connectivity index (χ1v) is 13.9. The predicted octanol–water partition coefficient (Wildman–Crippen LogP) is 6.09. The number of likely N-dealkylation sites (tertiary alicyclic amines) is 1. The minimum Gasteiger partial charge on any atom is -0.497 e. The van der Waals surface area contributed by atoms with Crippen LogP contribution >= 0.6 is 23.1 Å². The number of hydrogen-bond donors (Lipinski definition) is 1. The van der Waals surface area contributed by atoms with Crippen LogP contribution in [0.5, 0.6) is 5.75 Å². The minimum absolute atomic E-state index is 0.0503. The van der Waals surface area contributed by atoms with Crippen molar-refractivity contribution in [2.75, 3.05) is 32.5 Å². The fourth-order valence-electron chi connectivity index (χ4n) is 4.99. The van der Waals surface area contributed by atoms with E-state index in [2.05, 4.69) is 14.9 Å². The van der Waals surface area contributed by atoms with Crippen LogP contribution < -0.4 is 4.74 Å². The molecule has 1 aliphatic heterocycles. The van der Waals surface area contributed by atoms with Crippen molar-refractivity contribution in [2.24, 2.45) is 11.8 Å². The summed E-state index contributed by atoms with van der Waals surface area (Å²) in [4.78, 5) is 22.6. The van der Waals surface area contributed by atoms with Crippen LogP contribution in [0.3, 0.4) is 0 Å². The maximum Gasteiger partial charge on any atom is 0.303 e. The Kier molecular flexibility index (Phi) is 9.34. The number of carbonyl (C=O) groups is 1. The van der Waals surface area contributed by atoms with Gasteiger partial charge < -0.3 is 14.7 Å². The number of halogens is 1. The van der Waals surface area contributed by atoms with Crippen LogP contribution in [0.4, 0.5) is 4.39 Å². The zero-order valence-electron chi connectivity index (χ0n) is 19.9. The van der Waals surface area contributed by atoms with Crippen molar-refractivity contribution in [3.8, 4) is 5.75 Å². The summed E-state index contributed by atoms with van der Waals surface area (Å²) >= 11 is 3.43. The van der Waals surface area contributed by atoms with Crippen LogP contribution in [-0.2, 0) is 4.79 Å². The first kappa shape index (κ1) is 25.9. The number of aliphatic carboxylic acids is 1. The van der Waals surface area contributed by atoms with E-state index in [-0.39, 0.29) is 18.3 Å². The molecule has 0 aliphatic carbocycles. The van der Waals surface area contributed by atoms with Crippen LogP contribution in [0.2, 0.25) is 0 Å². The second-order valence-corrected chi connectivity index (χ2v) is 11.3. The number of ether oxygens (including phenoxy) is 1. The zero-order valence-corrected chi connectivity index (χ0v) is 21.6. The van der Waals surface area contributed by atoms with Gasteiger partial charge in [-0.25, -0.2) is 9.37 Å². The van der Waals surface area contributed by atoms with Crippen molar-refractivity contribution in [1.82, 2.24) is 14.9 Å². The van der Waals surface area contributed by atoms with Crippen molar-refractivity contribution in [2.45, 2.75) is 42.6 Å². The Morgan fingerprint density at radius 3 is 2.97 bits per heavy atom. The number of fused-ring (bicyclic) bond motifs is 1. The standard InChI is InChI=1S/C26H32FN3O3S2/c1-33-20-4-6-24-22(16-20)21(7-9-28-24)23(27)5-3-18-8-12-30(17-19(18)15-25(31)32)11-2-13-34-26-29-10-14-35-26/h4,6-7,9-10,14,16,18-19,23H,2-3,5,8,11-13,15,17H2,1H3,(H,31,32)/t18-,19+,23+/m1/s1. The van der Waals surface area contributed by atoms with E-state index in [0.29, 0.717) is 24.2 Å². The summed E-state index contributed by atoms with van der Waals surface area (Å²) in [6.07, 6.45) is 5.50. The fraction of sp³-hybridized carbons (Fsp3) is 0.500. The van der Waals surface area contributed by atoms with E-state index >= 15 is 4.39 Å². The highest BCUT2D eigenvalue weighted by Gasteiger charge is 2.31. The van der Waals surface area contributed by atoms with Gasteiger partial charge in [0.05, 0.1) is 12.6 Å². The van der Waals surface area contributed by atoms with E-state index in [4.69, 9.17) is 4.74 Å². The highest BCUT2D eigenvalue weighted by molar-refractivity contribution is 8.00. The average Bonchev–Trinajstić information content (AvgIpc) is 3.38. The molecule has 1 N–H and O–H groups in total. The minimum atomic E-state index is -1.13. The molecule has 0 radical (unpaired) electrons. The van der Waals surface area contributed by atoms with Crippen LogP contribution in [0.15, 0.2) is 46.4 Å². The van der Waals surface area contributed by atoms with Crippen molar-refractivity contribution < 1.29 is 19.0 Å². The van der Waals surface area contributed by atoms with Crippen molar-refractivity contribution >= 4 is 40.0 Å². The molecular weight excluding hydrogens is 485 g/mol. The summed E-state index contributed by atoms with van der Waals surface area (Å²) in [6.45, 7) is 2.66. The molecule has 0 bridgehead atoms. The number of benzene rings is 1. The van der Waals surface area contributed by atoms with E-state index in [1.54, 1.807) is 42.5 Å². The van der Waals surface area contributed by atoms with Gasteiger partial charge in [0.15, 0.2) is 0 Å². The topological polar surface area (TPSA) is 75.5 Å². The van der Waals surface area contributed by atoms with E-state index < -0.39 is 12.1 Å². The molecule has 0 spiro atoms. The van der Waals surface area contributed by atoms with Crippen LogP contribution in [-0.4, -0.2) is 58.4 Å². The Morgan fingerprint density at radius 2 is 2.20 bits per heavy atom. The number of hydrogen-bond acceptors (Lipinski definition) is 7. The molecule has 4 rings (SSSR count). The number of rotatable bonds is 12. The number of carboxylic acids is 1. The first-order chi connectivity index (χ1) is 17.0. The Hall–Kier alpha value is -2.23. The Balaban J connectivity index is 1.32. The van der Waals surface area contributed by atoms with E-state index in [1.807, 2.05) is 29.8 Å². The fourth-order valence-corrected chi connectivity index (χ4v) is 6.62. The lowest BCUT2D eigenvalue weighted by Crippen LogP contribution is -2.42. The first-order valence-electron chi connectivity index (χ1n) is 12.1. The molecular formula is C26H32FN3O3S2. The average molecular weight is 518 g/mol. The van der Waals surface area contributed by atoms with Gasteiger partial charge in [-0.1, -0.05) is 11.8 Å². The van der Waals surface area contributed by atoms with Gasteiger partial charge in [0.1, 0.15) is 16.3 Å². The molecule has 0 amide bonds. The number of nitrogens with zero attached hydrogens (tertiary/aromatic N) is 3. The van der Waals surface area contributed by atoms with E-state index in [9.17, 15) is 9.90 Å². The molecule has 0 unspecified atom stereocenters. The molecule has 3 heterocycles. The normalized spacial score (nSPS) is 19.6. The van der Waals surface area contributed by atoms with Gasteiger partial charge in [-0.15, -0.1) is 11.3 Å². The molecule has 35 heavy (non-hydrogen) atoms. The molecule has 3 aromatic rings. The molecule has 1 saturated heterocycles. The molecule has 9 heteroatoms. The molecule has 1 fully saturated rings. The van der Waals surface area contributed by atoms with Crippen LogP contribution in [0.1, 0.15) is 43.8 Å². The highest BCUT2D eigenvalue weighted by atomic mass is 32.2. The number of pyridine rings is 1. The quantitative estimate of drug-likeness (QED) is 0.230. The molecule has 0 saturated carbocycles. The van der Waals surface area contributed by atoms with E-state index in [0.717, 1.165) is 53.5 Å². The third kappa shape index (κ3) is 7.15. The van der Waals surface area contributed by atoms with Gasteiger partial charge in [-0.3, -0.25) is 9.78 Å². The second-order valence-electron chi connectivity index (χ2n) is 9.04. The number of methoxy groups -OCH3 is 1. The molecule has 6 nitrogen and oxygen atoms in total. The van der Waals surface area contributed by atoms with Crippen LogP contribution in [0, 0.1) is 11.8 Å². The molecule has 2 aromatic heterocycles. The second kappa shape index (κ2) is 12.6. The van der Waals surface area contributed by atoms with Gasteiger partial charge in [0, 0.05) is 41.9 Å². The number of aromatic nitrogens is 2. The van der Waals surface area contributed by atoms with Gasteiger partial charge in [-0.05, 0) is 80.4 Å². The summed E-state index contributed by atoms with van der Waals surface area (Å²) in [7, 11) is 1.60. The largest absolute Gasteiger partial charge is 0.497 e. The summed E-state index contributed by atoms with van der Waals surface area (Å²) in [5.74, 6) is 1.18. The SMILES string of the molecule is COc1ccc2nccc([C@@H](F)CC[C@@H]3CCN(CCCSc4nccs4)C[C@@H]3CC(=O)O)c2c1. The van der Waals surface area contributed by atoms with Gasteiger partial charge in [0.25, 0.3) is 0 Å². The third-order valence-electron chi connectivity index (χ3n) is 6.78. The maximum absolute atomic E-state index is 15.4. The van der Waals surface area contributed by atoms with Gasteiger partial charge in [-0.2, -0.15) is 0 Å². The Morgan fingerprint density at radius 1 is 1.31 bits per heavy atom. The maximum atomic E-state index is 15.4. The van der Waals surface area contributed by atoms with Crippen molar-refractivity contribution in [1.29, 1.82) is 0 Å². The summed E-state index contributed by atoms with van der Waals surface area (Å²) < 4.78 is 21.8. The smallest absolute Gasteiger partial charge is 0.303 e. The number of alkyl halides is 1. The number of thioether (sulfide) groups is 1. The zero-order chi connectivity index (χ0) is 24.6. The lowest BCUT2D eigenvalue weighted by Gasteiger charge is -2.38. The molecule has 1 aliphatic rings. The predicted molar refractivity (Wildman–Crippen MR) is 139 cm³/mol. The Labute approximate surface area is 213 Å². The molecule has 3 atom stereocenters. The lowest BCUT2D eigenvalue weighted by atomic mass is 9.79. The third-order valence-corrected chi connectivity index (χ3v) is 8.83. The number of piperidine rings is 1. The lowest BCUT2D eigenvalue weighted by molar-refractivity contribution is -0.139.